The quantitative estimate of drug-likeness (QED) is 0.695. The number of carbonyl (C=O) groups excluding carboxylic acids is 1. The van der Waals surface area contributed by atoms with Crippen LogP contribution in [0.25, 0.3) is 0 Å². The van der Waals surface area contributed by atoms with E-state index in [9.17, 15) is 13.6 Å². The summed E-state index contributed by atoms with van der Waals surface area (Å²) in [5.74, 6) is -1.04. The number of amides is 1. The summed E-state index contributed by atoms with van der Waals surface area (Å²) in [5.41, 5.74) is 2.08. The van der Waals surface area contributed by atoms with Crippen molar-refractivity contribution in [2.24, 2.45) is 0 Å². The minimum atomic E-state index is -0.974. The number of anilines is 2. The van der Waals surface area contributed by atoms with E-state index in [-0.39, 0.29) is 5.91 Å². The van der Waals surface area contributed by atoms with Crippen molar-refractivity contribution in [3.8, 4) is 11.5 Å². The summed E-state index contributed by atoms with van der Waals surface area (Å²) < 4.78 is 38.6. The average Bonchev–Trinajstić information content (AvgIpc) is 2.75. The maximum Gasteiger partial charge on any atom is 0.262 e. The van der Waals surface area contributed by atoms with E-state index >= 15 is 0 Å². The predicted molar refractivity (Wildman–Crippen MR) is 103 cm³/mol. The van der Waals surface area contributed by atoms with Gasteiger partial charge < -0.3 is 14.8 Å². The van der Waals surface area contributed by atoms with Crippen LogP contribution < -0.4 is 19.7 Å². The zero-order valence-electron chi connectivity index (χ0n) is 15.2. The fourth-order valence-electron chi connectivity index (χ4n) is 3.62. The number of hydrogen-bond acceptors (Lipinski definition) is 4. The molecule has 0 radical (unpaired) electrons. The van der Waals surface area contributed by atoms with Crippen LogP contribution in [0.4, 0.5) is 20.2 Å². The van der Waals surface area contributed by atoms with Gasteiger partial charge in [-0.1, -0.05) is 18.2 Å². The zero-order valence-corrected chi connectivity index (χ0v) is 15.2. The third kappa shape index (κ3) is 2.95. The van der Waals surface area contributed by atoms with Gasteiger partial charge in [-0.15, -0.1) is 0 Å². The summed E-state index contributed by atoms with van der Waals surface area (Å²) in [5, 5.41) is 3.26. The molecule has 2 aliphatic heterocycles. The monoisotopic (exact) mass is 394 g/mol. The van der Waals surface area contributed by atoms with Crippen molar-refractivity contribution in [3.05, 3.63) is 83.4 Å². The van der Waals surface area contributed by atoms with Crippen molar-refractivity contribution in [1.82, 2.24) is 0 Å². The maximum atomic E-state index is 13.9. The van der Waals surface area contributed by atoms with Crippen LogP contribution in [-0.2, 0) is 0 Å². The lowest BCUT2D eigenvalue weighted by Crippen LogP contribution is -2.43. The lowest BCUT2D eigenvalue weighted by atomic mass is 10.0. The van der Waals surface area contributed by atoms with E-state index in [0.717, 1.165) is 12.1 Å². The van der Waals surface area contributed by atoms with Gasteiger partial charge in [-0.05, 0) is 42.0 Å². The van der Waals surface area contributed by atoms with Crippen molar-refractivity contribution >= 4 is 17.3 Å². The van der Waals surface area contributed by atoms with Crippen molar-refractivity contribution in [3.63, 3.8) is 0 Å². The van der Waals surface area contributed by atoms with Gasteiger partial charge in [-0.25, -0.2) is 8.78 Å². The van der Waals surface area contributed by atoms with E-state index in [2.05, 4.69) is 5.32 Å². The van der Waals surface area contributed by atoms with E-state index in [4.69, 9.17) is 9.47 Å². The number of nitrogens with one attached hydrogen (secondary N) is 1. The van der Waals surface area contributed by atoms with Gasteiger partial charge in [0.1, 0.15) is 19.4 Å². The van der Waals surface area contributed by atoms with Crippen molar-refractivity contribution in [2.45, 2.75) is 6.17 Å². The lowest BCUT2D eigenvalue weighted by Gasteiger charge is -2.38. The summed E-state index contributed by atoms with van der Waals surface area (Å²) in [6, 6.07) is 15.9. The Hall–Kier alpha value is -3.61. The first-order valence-corrected chi connectivity index (χ1v) is 9.15. The Morgan fingerprint density at radius 3 is 2.52 bits per heavy atom. The first-order chi connectivity index (χ1) is 14.1. The number of ether oxygens (including phenoxy) is 2. The predicted octanol–water partition coefficient (Wildman–Crippen LogP) is 4.51. The molecular weight excluding hydrogens is 378 g/mol. The van der Waals surface area contributed by atoms with Gasteiger partial charge in [0.25, 0.3) is 5.91 Å². The highest BCUT2D eigenvalue weighted by Crippen LogP contribution is 2.40. The van der Waals surface area contributed by atoms with E-state index in [0.29, 0.717) is 47.2 Å². The first kappa shape index (κ1) is 17.5. The average molecular weight is 394 g/mol. The number of benzene rings is 3. The number of para-hydroxylation sites is 1. The molecule has 146 valence electrons. The SMILES string of the molecule is O=C1c2ccccc2NC(c2ccc(F)c(F)c2)N1c1ccc2c(c1)OCCO2. The topological polar surface area (TPSA) is 50.8 Å². The summed E-state index contributed by atoms with van der Waals surface area (Å²) in [7, 11) is 0. The second-order valence-electron chi connectivity index (χ2n) is 6.77. The molecule has 1 atom stereocenters. The van der Waals surface area contributed by atoms with Gasteiger partial charge in [-0.2, -0.15) is 0 Å². The molecule has 3 aromatic rings. The fraction of sp³-hybridized carbons (Fsp3) is 0.136. The molecule has 3 aromatic carbocycles. The molecule has 5 nitrogen and oxygen atoms in total. The molecule has 1 N–H and O–H groups in total. The molecule has 7 heteroatoms. The molecule has 0 aromatic heterocycles. The zero-order chi connectivity index (χ0) is 20.0. The smallest absolute Gasteiger partial charge is 0.262 e. The number of rotatable bonds is 2. The van der Waals surface area contributed by atoms with Crippen LogP contribution in [0.15, 0.2) is 60.7 Å². The Kier molecular flexibility index (Phi) is 4.08. The Morgan fingerprint density at radius 2 is 1.69 bits per heavy atom. The molecule has 0 fully saturated rings. The second-order valence-corrected chi connectivity index (χ2v) is 6.77. The Bertz CT molecular complexity index is 1120. The van der Waals surface area contributed by atoms with E-state index in [1.165, 1.54) is 11.0 Å². The van der Waals surface area contributed by atoms with Gasteiger partial charge in [0.2, 0.25) is 0 Å². The minimum Gasteiger partial charge on any atom is -0.486 e. The second kappa shape index (κ2) is 6.77. The number of nitrogens with zero attached hydrogens (tertiary/aromatic N) is 1. The van der Waals surface area contributed by atoms with Crippen LogP contribution >= 0.6 is 0 Å². The normalized spacial score (nSPS) is 17.5. The highest BCUT2D eigenvalue weighted by Gasteiger charge is 2.35. The Balaban J connectivity index is 1.64. The standard InChI is InChI=1S/C22H16F2N2O3/c23-16-7-5-13(11-17(16)24)21-25-18-4-2-1-3-15(18)22(27)26(21)14-6-8-19-20(12-14)29-10-9-28-19/h1-8,11-12,21,25H,9-10H2. The highest BCUT2D eigenvalue weighted by molar-refractivity contribution is 6.12. The largest absolute Gasteiger partial charge is 0.486 e. The van der Waals surface area contributed by atoms with Crippen molar-refractivity contribution in [1.29, 1.82) is 0 Å². The number of carbonyl (C=O) groups is 1. The van der Waals surface area contributed by atoms with Gasteiger partial charge in [-0.3, -0.25) is 9.69 Å². The van der Waals surface area contributed by atoms with Gasteiger partial charge >= 0.3 is 0 Å². The molecule has 5 rings (SSSR count). The number of halogens is 2. The van der Waals surface area contributed by atoms with Gasteiger partial charge in [0.15, 0.2) is 23.1 Å². The molecular formula is C22H16F2N2O3. The lowest BCUT2D eigenvalue weighted by molar-refractivity contribution is 0.0974. The van der Waals surface area contributed by atoms with E-state index < -0.39 is 17.8 Å². The molecule has 2 aliphatic rings. The first-order valence-electron chi connectivity index (χ1n) is 9.15. The van der Waals surface area contributed by atoms with Crippen LogP contribution in [0.5, 0.6) is 11.5 Å². The third-order valence-corrected chi connectivity index (χ3v) is 4.99. The maximum absolute atomic E-state index is 13.9. The molecule has 0 saturated carbocycles. The van der Waals surface area contributed by atoms with Crippen LogP contribution in [0, 0.1) is 11.6 Å². The van der Waals surface area contributed by atoms with E-state index in [1.807, 2.05) is 0 Å². The van der Waals surface area contributed by atoms with Crippen LogP contribution in [0.2, 0.25) is 0 Å². The summed E-state index contributed by atoms with van der Waals surface area (Å²) in [6.45, 7) is 0.874. The Morgan fingerprint density at radius 1 is 0.897 bits per heavy atom. The summed E-state index contributed by atoms with van der Waals surface area (Å²) in [4.78, 5) is 14.9. The van der Waals surface area contributed by atoms with Crippen molar-refractivity contribution in [2.75, 3.05) is 23.4 Å². The molecule has 1 unspecified atom stereocenters. The molecule has 2 heterocycles. The summed E-state index contributed by atoms with van der Waals surface area (Å²) in [6.07, 6.45) is -0.727. The summed E-state index contributed by atoms with van der Waals surface area (Å²) >= 11 is 0. The molecule has 29 heavy (non-hydrogen) atoms. The van der Waals surface area contributed by atoms with Crippen LogP contribution in [0.1, 0.15) is 22.1 Å². The number of fused-ring (bicyclic) bond motifs is 2. The number of hydrogen-bond donors (Lipinski definition) is 1. The molecule has 0 bridgehead atoms. The highest BCUT2D eigenvalue weighted by atomic mass is 19.2. The van der Waals surface area contributed by atoms with Crippen molar-refractivity contribution < 1.29 is 23.0 Å². The van der Waals surface area contributed by atoms with Crippen LogP contribution in [-0.4, -0.2) is 19.1 Å². The molecule has 0 aliphatic carbocycles. The van der Waals surface area contributed by atoms with Gasteiger partial charge in [0, 0.05) is 11.8 Å². The van der Waals surface area contributed by atoms with E-state index in [1.54, 1.807) is 42.5 Å². The Labute approximate surface area is 165 Å². The third-order valence-electron chi connectivity index (χ3n) is 4.99. The van der Waals surface area contributed by atoms with Crippen LogP contribution in [0.3, 0.4) is 0 Å². The molecule has 0 saturated heterocycles. The molecule has 1 amide bonds. The molecule has 0 spiro atoms. The van der Waals surface area contributed by atoms with Gasteiger partial charge in [0.05, 0.1) is 11.3 Å². The fourth-order valence-corrected chi connectivity index (χ4v) is 3.62. The minimum absolute atomic E-state index is 0.259.